The topological polar surface area (TPSA) is 9.23 Å². The Balaban J connectivity index is 4.78. The molecular weight excluding hydrogens is 316 g/mol. The van der Waals surface area contributed by atoms with E-state index >= 15 is 0 Å². The first-order valence-corrected chi connectivity index (χ1v) is 11.1. The van der Waals surface area contributed by atoms with Gasteiger partial charge in [-0.25, -0.2) is 0 Å². The van der Waals surface area contributed by atoms with Crippen LogP contribution in [0.15, 0.2) is 0 Å². The molecule has 112 valence electrons. The standard InChI is InChI=1S/C16H31BrOSi/c1-9-10-15(13(2)11-12-14(3)17)18-19(7,8)16(4,5)6/h13-15H,11-12H2,1-8H3. The van der Waals surface area contributed by atoms with Gasteiger partial charge < -0.3 is 4.43 Å². The number of hydrogen-bond donors (Lipinski definition) is 0. The summed E-state index contributed by atoms with van der Waals surface area (Å²) in [5, 5.41) is 0.239. The van der Waals surface area contributed by atoms with Crippen molar-refractivity contribution < 1.29 is 4.43 Å². The molecule has 0 N–H and O–H groups in total. The van der Waals surface area contributed by atoms with E-state index in [1.165, 1.54) is 6.42 Å². The predicted molar refractivity (Wildman–Crippen MR) is 92.3 cm³/mol. The van der Waals surface area contributed by atoms with Gasteiger partial charge in [0.2, 0.25) is 0 Å². The molecule has 0 heterocycles. The van der Waals surface area contributed by atoms with Crippen LogP contribution in [0.1, 0.15) is 54.4 Å². The van der Waals surface area contributed by atoms with Gasteiger partial charge >= 0.3 is 0 Å². The van der Waals surface area contributed by atoms with Crippen molar-refractivity contribution in [1.29, 1.82) is 0 Å². The number of halogens is 1. The normalized spacial score (nSPS) is 17.3. The van der Waals surface area contributed by atoms with E-state index in [1.807, 2.05) is 6.92 Å². The van der Waals surface area contributed by atoms with Gasteiger partial charge in [0.1, 0.15) is 6.10 Å². The quantitative estimate of drug-likeness (QED) is 0.345. The molecule has 3 unspecified atom stereocenters. The molecule has 0 saturated carbocycles. The minimum Gasteiger partial charge on any atom is -0.403 e. The zero-order chi connectivity index (χ0) is 15.3. The van der Waals surface area contributed by atoms with Crippen LogP contribution in [0.2, 0.25) is 18.1 Å². The first-order valence-electron chi connectivity index (χ1n) is 7.25. The van der Waals surface area contributed by atoms with Crippen LogP contribution in [-0.2, 0) is 4.43 Å². The van der Waals surface area contributed by atoms with Gasteiger partial charge in [0.05, 0.1) is 0 Å². The minimum atomic E-state index is -1.74. The predicted octanol–water partition coefficient (Wildman–Crippen LogP) is 5.60. The lowest BCUT2D eigenvalue weighted by atomic mass is 9.98. The summed E-state index contributed by atoms with van der Waals surface area (Å²) >= 11 is 3.62. The average molecular weight is 347 g/mol. The number of hydrogen-bond acceptors (Lipinski definition) is 1. The van der Waals surface area contributed by atoms with Crippen molar-refractivity contribution in [3.63, 3.8) is 0 Å². The smallest absolute Gasteiger partial charge is 0.193 e. The summed E-state index contributed by atoms with van der Waals surface area (Å²) in [4.78, 5) is 0.568. The van der Waals surface area contributed by atoms with Crippen molar-refractivity contribution in [2.24, 2.45) is 5.92 Å². The van der Waals surface area contributed by atoms with E-state index in [2.05, 4.69) is 75.5 Å². The Bertz CT molecular complexity index is 320. The zero-order valence-electron chi connectivity index (χ0n) is 13.9. The summed E-state index contributed by atoms with van der Waals surface area (Å²) in [6, 6.07) is 0. The van der Waals surface area contributed by atoms with Crippen LogP contribution in [0.5, 0.6) is 0 Å². The Kier molecular flexibility index (Phi) is 7.95. The third-order valence-electron chi connectivity index (χ3n) is 4.05. The molecule has 0 aromatic heterocycles. The van der Waals surface area contributed by atoms with E-state index in [1.54, 1.807) is 0 Å². The van der Waals surface area contributed by atoms with Crippen LogP contribution in [0.25, 0.3) is 0 Å². The highest BCUT2D eigenvalue weighted by atomic mass is 79.9. The Hall–Kier alpha value is 0.217. The maximum atomic E-state index is 6.49. The highest BCUT2D eigenvalue weighted by molar-refractivity contribution is 9.09. The van der Waals surface area contributed by atoms with Crippen molar-refractivity contribution in [1.82, 2.24) is 0 Å². The first-order chi connectivity index (χ1) is 8.51. The van der Waals surface area contributed by atoms with E-state index in [0.29, 0.717) is 10.7 Å². The number of alkyl halides is 1. The molecular formula is C16H31BrOSi. The molecule has 0 radical (unpaired) electrons. The van der Waals surface area contributed by atoms with Crippen LogP contribution in [-0.4, -0.2) is 19.2 Å². The molecule has 0 aromatic rings. The summed E-state index contributed by atoms with van der Waals surface area (Å²) < 4.78 is 6.49. The highest BCUT2D eigenvalue weighted by Gasteiger charge is 2.39. The molecule has 0 amide bonds. The third kappa shape index (κ3) is 6.97. The Morgan fingerprint density at radius 2 is 1.68 bits per heavy atom. The molecule has 3 atom stereocenters. The van der Waals surface area contributed by atoms with Gasteiger partial charge in [0.25, 0.3) is 0 Å². The summed E-state index contributed by atoms with van der Waals surface area (Å²) in [6.45, 7) is 17.8. The lowest BCUT2D eigenvalue weighted by molar-refractivity contribution is 0.170. The monoisotopic (exact) mass is 346 g/mol. The van der Waals surface area contributed by atoms with E-state index in [9.17, 15) is 0 Å². The second kappa shape index (κ2) is 7.86. The molecule has 0 aliphatic carbocycles. The Morgan fingerprint density at radius 1 is 1.16 bits per heavy atom. The third-order valence-corrected chi connectivity index (χ3v) is 8.96. The molecule has 0 saturated heterocycles. The van der Waals surface area contributed by atoms with Crippen LogP contribution in [0, 0.1) is 17.8 Å². The molecule has 1 nitrogen and oxygen atoms in total. The van der Waals surface area contributed by atoms with Crippen LogP contribution in [0.4, 0.5) is 0 Å². The van der Waals surface area contributed by atoms with Gasteiger partial charge in [-0.1, -0.05) is 56.5 Å². The summed E-state index contributed by atoms with van der Waals surface area (Å²) in [7, 11) is -1.74. The molecule has 19 heavy (non-hydrogen) atoms. The second-order valence-corrected chi connectivity index (χ2v) is 13.3. The SMILES string of the molecule is CC#CC(O[Si](C)(C)C(C)(C)C)C(C)CCC(C)Br. The van der Waals surface area contributed by atoms with Crippen LogP contribution in [0.3, 0.4) is 0 Å². The molecule has 3 heteroatoms. The Morgan fingerprint density at radius 3 is 2.05 bits per heavy atom. The van der Waals surface area contributed by atoms with Crippen molar-refractivity contribution in [3.05, 3.63) is 0 Å². The van der Waals surface area contributed by atoms with Gasteiger partial charge in [-0.15, -0.1) is 5.92 Å². The van der Waals surface area contributed by atoms with E-state index in [4.69, 9.17) is 4.43 Å². The number of rotatable bonds is 6. The summed E-state index contributed by atoms with van der Waals surface area (Å²) in [5.41, 5.74) is 0. The zero-order valence-corrected chi connectivity index (χ0v) is 16.5. The summed E-state index contributed by atoms with van der Waals surface area (Å²) in [5.74, 6) is 6.81. The lowest BCUT2D eigenvalue weighted by Gasteiger charge is -2.39. The fourth-order valence-electron chi connectivity index (χ4n) is 1.57. The fraction of sp³-hybridized carbons (Fsp3) is 0.875. The van der Waals surface area contributed by atoms with E-state index in [0.717, 1.165) is 6.42 Å². The van der Waals surface area contributed by atoms with Crippen LogP contribution >= 0.6 is 15.9 Å². The van der Waals surface area contributed by atoms with Crippen molar-refractivity contribution in [3.8, 4) is 11.8 Å². The summed E-state index contributed by atoms with van der Waals surface area (Å²) in [6.07, 6.45) is 2.40. The molecule has 0 rings (SSSR count). The van der Waals surface area contributed by atoms with Gasteiger partial charge in [0.15, 0.2) is 8.32 Å². The first kappa shape index (κ1) is 19.2. The van der Waals surface area contributed by atoms with E-state index in [-0.39, 0.29) is 11.1 Å². The van der Waals surface area contributed by atoms with Crippen LogP contribution < -0.4 is 0 Å². The lowest BCUT2D eigenvalue weighted by Crippen LogP contribution is -2.45. The average Bonchev–Trinajstić information content (AvgIpc) is 2.23. The molecule has 0 bridgehead atoms. The van der Waals surface area contributed by atoms with Gasteiger partial charge in [0, 0.05) is 4.83 Å². The van der Waals surface area contributed by atoms with Gasteiger partial charge in [-0.2, -0.15) is 0 Å². The highest BCUT2D eigenvalue weighted by Crippen LogP contribution is 2.38. The maximum absolute atomic E-state index is 6.49. The largest absolute Gasteiger partial charge is 0.403 e. The molecule has 0 aliphatic heterocycles. The maximum Gasteiger partial charge on any atom is 0.193 e. The fourth-order valence-corrected chi connectivity index (χ4v) is 3.11. The van der Waals surface area contributed by atoms with Crippen molar-refractivity contribution in [2.45, 2.75) is 83.4 Å². The van der Waals surface area contributed by atoms with Crippen molar-refractivity contribution >= 4 is 24.2 Å². The minimum absolute atomic E-state index is 0.0807. The van der Waals surface area contributed by atoms with E-state index < -0.39 is 8.32 Å². The molecule has 0 aliphatic rings. The van der Waals surface area contributed by atoms with Gasteiger partial charge in [-0.3, -0.25) is 0 Å². The second-order valence-electron chi connectivity index (χ2n) is 7.03. The molecule has 0 aromatic carbocycles. The molecule has 0 fully saturated rings. The molecule has 0 spiro atoms. The van der Waals surface area contributed by atoms with Gasteiger partial charge in [-0.05, 0) is 43.8 Å². The van der Waals surface area contributed by atoms with Crippen molar-refractivity contribution in [2.75, 3.05) is 0 Å². The Labute approximate surface area is 130 Å².